The maximum absolute atomic E-state index is 14.5. The number of hydrogen-bond acceptors (Lipinski definition) is 6. The molecular weight excluding hydrogens is 372 g/mol. The molecule has 1 N–H and O–H groups in total. The van der Waals surface area contributed by atoms with Crippen molar-refractivity contribution >= 4 is 33.7 Å². The number of benzene rings is 1. The summed E-state index contributed by atoms with van der Waals surface area (Å²) in [7, 11) is -3.82. The van der Waals surface area contributed by atoms with Crippen molar-refractivity contribution in [3.8, 4) is 0 Å². The molecule has 0 amide bonds. The van der Waals surface area contributed by atoms with Crippen LogP contribution in [0.5, 0.6) is 0 Å². The number of esters is 2. The smallest absolute Gasteiger partial charge is 0.348 e. The van der Waals surface area contributed by atoms with Gasteiger partial charge in [-0.25, -0.2) is 26.8 Å². The standard InChI is InChI=1S/C16H17F2NO6S/c1-4-7-26(22,23)19-12-6-5-11(17)9(13(12)18)8-10-14(20)24-16(2,3)25-15(10)21/h5-6,8,19H,4,7H2,1-3H3. The van der Waals surface area contributed by atoms with Crippen LogP contribution in [0.2, 0.25) is 0 Å². The first-order valence-electron chi connectivity index (χ1n) is 7.62. The molecule has 2 rings (SSSR count). The first-order chi connectivity index (χ1) is 12.0. The first-order valence-corrected chi connectivity index (χ1v) is 9.28. The van der Waals surface area contributed by atoms with Crippen molar-refractivity contribution in [3.05, 3.63) is 34.9 Å². The van der Waals surface area contributed by atoms with Gasteiger partial charge in [0.25, 0.3) is 5.79 Å². The summed E-state index contributed by atoms with van der Waals surface area (Å²) in [6, 6.07) is 1.71. The number of cyclic esters (lactones) is 2. The van der Waals surface area contributed by atoms with E-state index >= 15 is 0 Å². The average Bonchev–Trinajstić information content (AvgIpc) is 2.47. The number of hydrogen-bond donors (Lipinski definition) is 1. The molecule has 0 radical (unpaired) electrons. The molecule has 7 nitrogen and oxygen atoms in total. The Morgan fingerprint density at radius 1 is 1.15 bits per heavy atom. The van der Waals surface area contributed by atoms with Crippen molar-refractivity contribution < 1.29 is 36.3 Å². The van der Waals surface area contributed by atoms with Crippen LogP contribution in [-0.2, 0) is 29.1 Å². The van der Waals surface area contributed by atoms with Crippen LogP contribution < -0.4 is 4.72 Å². The summed E-state index contributed by atoms with van der Waals surface area (Å²) in [4.78, 5) is 23.8. The van der Waals surface area contributed by atoms with E-state index in [0.717, 1.165) is 12.1 Å². The van der Waals surface area contributed by atoms with Crippen LogP contribution in [-0.4, -0.2) is 31.9 Å². The third-order valence-corrected chi connectivity index (χ3v) is 4.75. The number of sulfonamides is 1. The maximum Gasteiger partial charge on any atom is 0.348 e. The molecule has 1 aromatic carbocycles. The summed E-state index contributed by atoms with van der Waals surface area (Å²) < 4.78 is 63.8. The second-order valence-corrected chi connectivity index (χ2v) is 7.82. The molecule has 0 aliphatic carbocycles. The van der Waals surface area contributed by atoms with Crippen LogP contribution in [0.3, 0.4) is 0 Å². The molecule has 1 heterocycles. The fraction of sp³-hybridized carbons (Fsp3) is 0.375. The number of anilines is 1. The lowest BCUT2D eigenvalue weighted by atomic mass is 10.1. The van der Waals surface area contributed by atoms with Gasteiger partial charge in [0, 0.05) is 19.4 Å². The number of ether oxygens (including phenoxy) is 2. The SMILES string of the molecule is CCCS(=O)(=O)Nc1ccc(F)c(C=C2C(=O)OC(C)(C)OC2=O)c1F. The Bertz CT molecular complexity index is 870. The monoisotopic (exact) mass is 389 g/mol. The topological polar surface area (TPSA) is 98.8 Å². The van der Waals surface area contributed by atoms with Crippen LogP contribution in [0.15, 0.2) is 17.7 Å². The molecule has 10 heteroatoms. The van der Waals surface area contributed by atoms with E-state index in [0.29, 0.717) is 12.5 Å². The quantitative estimate of drug-likeness (QED) is 0.471. The lowest BCUT2D eigenvalue weighted by Gasteiger charge is -2.29. The number of carbonyl (C=O) groups excluding carboxylic acids is 2. The summed E-state index contributed by atoms with van der Waals surface area (Å²) in [5.74, 6) is -6.35. The van der Waals surface area contributed by atoms with Crippen LogP contribution in [0.25, 0.3) is 6.08 Å². The molecule has 26 heavy (non-hydrogen) atoms. The second-order valence-electron chi connectivity index (χ2n) is 5.98. The van der Waals surface area contributed by atoms with Gasteiger partial charge in [-0.2, -0.15) is 0 Å². The van der Waals surface area contributed by atoms with Crippen LogP contribution in [0.4, 0.5) is 14.5 Å². The van der Waals surface area contributed by atoms with Crippen molar-refractivity contribution in [2.24, 2.45) is 0 Å². The van der Waals surface area contributed by atoms with Gasteiger partial charge in [0.05, 0.1) is 11.4 Å². The zero-order chi connectivity index (χ0) is 19.7. The lowest BCUT2D eigenvalue weighted by molar-refractivity contribution is -0.222. The van der Waals surface area contributed by atoms with Crippen LogP contribution in [0, 0.1) is 11.6 Å². The summed E-state index contributed by atoms with van der Waals surface area (Å²) >= 11 is 0. The second kappa shape index (κ2) is 7.02. The van der Waals surface area contributed by atoms with Gasteiger partial charge in [-0.05, 0) is 24.6 Å². The Kier molecular flexibility index (Phi) is 5.36. The molecule has 0 bridgehead atoms. The van der Waals surface area contributed by atoms with E-state index in [1.165, 1.54) is 13.8 Å². The molecule has 1 saturated heterocycles. The van der Waals surface area contributed by atoms with Crippen molar-refractivity contribution in [2.45, 2.75) is 33.0 Å². The van der Waals surface area contributed by atoms with E-state index in [-0.39, 0.29) is 5.75 Å². The molecule has 0 atom stereocenters. The molecular formula is C16H17F2NO6S. The highest BCUT2D eigenvalue weighted by Gasteiger charge is 2.39. The van der Waals surface area contributed by atoms with E-state index in [1.807, 2.05) is 4.72 Å². The summed E-state index contributed by atoms with van der Waals surface area (Å²) in [5.41, 5.74) is -1.99. The molecule has 0 aromatic heterocycles. The zero-order valence-electron chi connectivity index (χ0n) is 14.3. The lowest BCUT2D eigenvalue weighted by Crippen LogP contribution is -2.41. The van der Waals surface area contributed by atoms with Gasteiger partial charge in [-0.15, -0.1) is 0 Å². The van der Waals surface area contributed by atoms with Crippen molar-refractivity contribution in [3.63, 3.8) is 0 Å². The van der Waals surface area contributed by atoms with E-state index < -0.39 is 56.2 Å². The fourth-order valence-electron chi connectivity index (χ4n) is 2.19. The van der Waals surface area contributed by atoms with Gasteiger partial charge < -0.3 is 9.47 Å². The van der Waals surface area contributed by atoms with E-state index in [9.17, 15) is 26.8 Å². The maximum atomic E-state index is 14.5. The molecule has 1 fully saturated rings. The minimum Gasteiger partial charge on any atom is -0.419 e. The summed E-state index contributed by atoms with van der Waals surface area (Å²) in [6.07, 6.45) is 0.921. The fourth-order valence-corrected chi connectivity index (χ4v) is 3.32. The van der Waals surface area contributed by atoms with Gasteiger partial charge in [-0.3, -0.25) is 4.72 Å². The van der Waals surface area contributed by atoms with Crippen molar-refractivity contribution in [1.82, 2.24) is 0 Å². The van der Waals surface area contributed by atoms with Crippen LogP contribution >= 0.6 is 0 Å². The minimum absolute atomic E-state index is 0.256. The predicted molar refractivity (Wildman–Crippen MR) is 88.3 cm³/mol. The summed E-state index contributed by atoms with van der Waals surface area (Å²) in [6.45, 7) is 4.27. The van der Waals surface area contributed by atoms with Gasteiger partial charge in [0.15, 0.2) is 5.82 Å². The predicted octanol–water partition coefficient (Wildman–Crippen LogP) is 2.34. The normalized spacial score (nSPS) is 16.7. The number of rotatable bonds is 5. The molecule has 1 aliphatic heterocycles. The zero-order valence-corrected chi connectivity index (χ0v) is 15.1. The molecule has 0 saturated carbocycles. The van der Waals surface area contributed by atoms with E-state index in [4.69, 9.17) is 9.47 Å². The highest BCUT2D eigenvalue weighted by Crippen LogP contribution is 2.28. The average molecular weight is 389 g/mol. The Morgan fingerprint density at radius 2 is 1.73 bits per heavy atom. The van der Waals surface area contributed by atoms with Gasteiger partial charge in [0.2, 0.25) is 10.0 Å². The molecule has 1 aliphatic rings. The Hall–Kier alpha value is -2.49. The highest BCUT2D eigenvalue weighted by molar-refractivity contribution is 7.92. The summed E-state index contributed by atoms with van der Waals surface area (Å²) in [5, 5.41) is 0. The number of carbonyl (C=O) groups is 2. The first kappa shape index (κ1) is 19.8. The molecule has 142 valence electrons. The van der Waals surface area contributed by atoms with Gasteiger partial charge in [-0.1, -0.05) is 6.92 Å². The highest BCUT2D eigenvalue weighted by atomic mass is 32.2. The number of halogens is 2. The Morgan fingerprint density at radius 3 is 2.27 bits per heavy atom. The third-order valence-electron chi connectivity index (χ3n) is 3.27. The third kappa shape index (κ3) is 4.37. The molecule has 0 spiro atoms. The van der Waals surface area contributed by atoms with Crippen LogP contribution in [0.1, 0.15) is 32.8 Å². The Labute approximate surface area is 149 Å². The van der Waals surface area contributed by atoms with Crippen molar-refractivity contribution in [2.75, 3.05) is 10.5 Å². The van der Waals surface area contributed by atoms with E-state index in [2.05, 4.69) is 0 Å². The molecule has 0 unspecified atom stereocenters. The van der Waals surface area contributed by atoms with Gasteiger partial charge in [0.1, 0.15) is 11.4 Å². The van der Waals surface area contributed by atoms with Gasteiger partial charge >= 0.3 is 11.9 Å². The van der Waals surface area contributed by atoms with Crippen molar-refractivity contribution in [1.29, 1.82) is 0 Å². The molecule has 1 aromatic rings. The number of nitrogens with one attached hydrogen (secondary N) is 1. The minimum atomic E-state index is -3.82. The Balaban J connectivity index is 2.46. The largest absolute Gasteiger partial charge is 0.419 e. The van der Waals surface area contributed by atoms with E-state index in [1.54, 1.807) is 6.92 Å².